The Morgan fingerprint density at radius 2 is 1.67 bits per heavy atom. The van der Waals surface area contributed by atoms with Crippen LogP contribution in [-0.4, -0.2) is 45.8 Å². The molecule has 0 bridgehead atoms. The minimum Gasteiger partial charge on any atom is -0.444 e. The van der Waals surface area contributed by atoms with Crippen molar-refractivity contribution in [2.24, 2.45) is 5.92 Å². The van der Waals surface area contributed by atoms with Crippen LogP contribution in [0.3, 0.4) is 0 Å². The maximum atomic E-state index is 12.5. The summed E-state index contributed by atoms with van der Waals surface area (Å²) in [5.41, 5.74) is -1.60. The second kappa shape index (κ2) is 10.1. The van der Waals surface area contributed by atoms with E-state index in [1.54, 1.807) is 6.08 Å². The van der Waals surface area contributed by atoms with Gasteiger partial charge in [-0.1, -0.05) is 26.0 Å². The van der Waals surface area contributed by atoms with Crippen LogP contribution in [0.2, 0.25) is 0 Å². The largest absolute Gasteiger partial charge is 0.444 e. The third-order valence-electron chi connectivity index (χ3n) is 5.06. The third-order valence-corrected chi connectivity index (χ3v) is 5.06. The van der Waals surface area contributed by atoms with Gasteiger partial charge in [0.25, 0.3) is 0 Å². The molecule has 1 aliphatic rings. The van der Waals surface area contributed by atoms with Gasteiger partial charge in [-0.25, -0.2) is 4.79 Å². The van der Waals surface area contributed by atoms with Crippen LogP contribution in [0.1, 0.15) is 88.0 Å². The van der Waals surface area contributed by atoms with Crippen molar-refractivity contribution >= 4 is 12.0 Å². The molecule has 1 heterocycles. The van der Waals surface area contributed by atoms with Crippen molar-refractivity contribution in [3.05, 3.63) is 12.2 Å². The Hall–Kier alpha value is -1.60. The van der Waals surface area contributed by atoms with E-state index in [4.69, 9.17) is 4.74 Å². The van der Waals surface area contributed by atoms with Gasteiger partial charge < -0.3 is 15.4 Å². The van der Waals surface area contributed by atoms with Crippen LogP contribution in [0.4, 0.5) is 4.79 Å². The van der Waals surface area contributed by atoms with Crippen molar-refractivity contribution < 1.29 is 19.5 Å². The monoisotopic (exact) mass is 424 g/mol. The molecule has 1 rings (SSSR count). The Morgan fingerprint density at radius 1 is 1.13 bits per heavy atom. The molecular weight excluding hydrogens is 382 g/mol. The summed E-state index contributed by atoms with van der Waals surface area (Å²) >= 11 is 0. The first-order chi connectivity index (χ1) is 13.5. The highest BCUT2D eigenvalue weighted by Gasteiger charge is 2.46. The number of alkyl carbamates (subject to hydrolysis) is 1. The van der Waals surface area contributed by atoms with Crippen LogP contribution in [0, 0.1) is 5.92 Å². The Labute approximate surface area is 182 Å². The molecule has 0 aromatic heterocycles. The van der Waals surface area contributed by atoms with Crippen LogP contribution in [0.15, 0.2) is 12.2 Å². The minimum atomic E-state index is -0.558. The molecule has 173 valence electrons. The number of carbonyl (C=O) groups excluding carboxylic acids is 2. The Kier molecular flexibility index (Phi) is 8.93. The maximum Gasteiger partial charge on any atom is 0.408 e. The number of nitrogens with one attached hydrogen (secondary N) is 2. The third kappa shape index (κ3) is 9.04. The highest BCUT2D eigenvalue weighted by Crippen LogP contribution is 2.36. The number of amides is 2. The number of rotatable bonds is 7. The van der Waals surface area contributed by atoms with Gasteiger partial charge in [-0.15, -0.1) is 10.3 Å². The lowest BCUT2D eigenvalue weighted by atomic mass is 9.79. The highest BCUT2D eigenvalue weighted by atomic mass is 16.6. The van der Waals surface area contributed by atoms with Gasteiger partial charge in [-0.3, -0.25) is 4.79 Å². The number of hydrogen-bond donors (Lipinski definition) is 2. The highest BCUT2D eigenvalue weighted by molar-refractivity contribution is 5.77. The summed E-state index contributed by atoms with van der Waals surface area (Å²) in [5.74, 6) is 0.299. The molecule has 1 aliphatic heterocycles. The summed E-state index contributed by atoms with van der Waals surface area (Å²) in [6, 6.07) is -0.235. The number of piperidine rings is 1. The molecule has 0 aromatic carbocycles. The van der Waals surface area contributed by atoms with Crippen molar-refractivity contribution in [1.82, 2.24) is 15.7 Å². The first-order valence-corrected chi connectivity index (χ1v) is 10.9. The number of nitrogens with zero attached hydrogens (tertiary/aromatic N) is 1. The zero-order valence-corrected chi connectivity index (χ0v) is 20.3. The summed E-state index contributed by atoms with van der Waals surface area (Å²) in [6.45, 7) is 17.3. The lowest BCUT2D eigenvalue weighted by Gasteiger charge is -2.50. The fourth-order valence-electron chi connectivity index (χ4n) is 4.14. The van der Waals surface area contributed by atoms with Crippen LogP contribution < -0.4 is 10.6 Å². The number of carbonyl (C=O) groups is 2. The standard InChI is InChI=1S/C23H42N3O4/c1-16(2)13-17(25-20(28)30-21(3,4)5)11-10-12-19(27)24-18-14-22(6,7)26(29)23(8,9)15-18/h10-11,16-18H,12-15H2,1-9H3,(H,24,27)(H,25,28)/b11-10-/t17-/m1/s1. The average molecular weight is 425 g/mol. The van der Waals surface area contributed by atoms with Gasteiger partial charge in [0.15, 0.2) is 0 Å². The van der Waals surface area contributed by atoms with Gasteiger partial charge in [0, 0.05) is 23.5 Å². The van der Waals surface area contributed by atoms with E-state index in [2.05, 4.69) is 24.5 Å². The average Bonchev–Trinajstić information content (AvgIpc) is 2.49. The predicted molar refractivity (Wildman–Crippen MR) is 118 cm³/mol. The van der Waals surface area contributed by atoms with Crippen LogP contribution in [0.5, 0.6) is 0 Å². The molecule has 30 heavy (non-hydrogen) atoms. The van der Waals surface area contributed by atoms with Gasteiger partial charge in [-0.05, 0) is 73.6 Å². The van der Waals surface area contributed by atoms with Gasteiger partial charge in [0.2, 0.25) is 5.91 Å². The summed E-state index contributed by atoms with van der Waals surface area (Å²) in [5, 5.41) is 19.5. The topological polar surface area (TPSA) is 90.6 Å². The fraction of sp³-hybridized carbons (Fsp3) is 0.826. The molecule has 2 N–H and O–H groups in total. The van der Waals surface area contributed by atoms with Crippen molar-refractivity contribution in [2.75, 3.05) is 0 Å². The first-order valence-electron chi connectivity index (χ1n) is 10.9. The molecule has 1 saturated heterocycles. The van der Waals surface area contributed by atoms with Crippen LogP contribution in [0.25, 0.3) is 0 Å². The lowest BCUT2D eigenvalue weighted by Crippen LogP contribution is -2.62. The van der Waals surface area contributed by atoms with E-state index in [1.807, 2.05) is 54.5 Å². The molecule has 7 heteroatoms. The summed E-state index contributed by atoms with van der Waals surface area (Å²) < 4.78 is 5.33. The smallest absolute Gasteiger partial charge is 0.408 e. The van der Waals surface area contributed by atoms with Gasteiger partial charge in [-0.2, -0.15) is 0 Å². The van der Waals surface area contributed by atoms with E-state index >= 15 is 0 Å². The molecule has 0 spiro atoms. The SMILES string of the molecule is CC(C)C[C@@H](/C=C\CC(=O)NC1CC(C)(C)N([O])C(C)(C)C1)NC(=O)OC(C)(C)C. The summed E-state index contributed by atoms with van der Waals surface area (Å²) in [6.07, 6.45) is 5.40. The van der Waals surface area contributed by atoms with Gasteiger partial charge in [0.1, 0.15) is 5.60 Å². The molecule has 0 unspecified atom stereocenters. The second-order valence-corrected chi connectivity index (χ2v) is 11.1. The molecule has 0 aliphatic carbocycles. The Balaban J connectivity index is 2.63. The predicted octanol–water partition coefficient (Wildman–Crippen LogP) is 4.36. The summed E-state index contributed by atoms with van der Waals surface area (Å²) in [7, 11) is 0. The molecule has 0 aromatic rings. The molecule has 2 amide bonds. The quantitative estimate of drug-likeness (QED) is 0.594. The van der Waals surface area contributed by atoms with Gasteiger partial charge >= 0.3 is 6.09 Å². The zero-order valence-electron chi connectivity index (χ0n) is 20.3. The van der Waals surface area contributed by atoms with E-state index < -0.39 is 22.8 Å². The second-order valence-electron chi connectivity index (χ2n) is 11.1. The Bertz CT molecular complexity index is 602. The van der Waals surface area contributed by atoms with E-state index in [-0.39, 0.29) is 24.4 Å². The van der Waals surface area contributed by atoms with Crippen molar-refractivity contribution in [3.63, 3.8) is 0 Å². The van der Waals surface area contributed by atoms with Crippen molar-refractivity contribution in [3.8, 4) is 0 Å². The van der Waals surface area contributed by atoms with Gasteiger partial charge in [0.05, 0.1) is 6.04 Å². The van der Waals surface area contributed by atoms with E-state index in [0.29, 0.717) is 18.8 Å². The normalized spacial score (nSPS) is 20.9. The van der Waals surface area contributed by atoms with E-state index in [0.717, 1.165) is 11.5 Å². The minimum absolute atomic E-state index is 0.0348. The molecular formula is C23H42N3O4. The molecule has 1 radical (unpaired) electrons. The summed E-state index contributed by atoms with van der Waals surface area (Å²) in [4.78, 5) is 24.5. The van der Waals surface area contributed by atoms with Crippen LogP contribution >= 0.6 is 0 Å². The van der Waals surface area contributed by atoms with Crippen molar-refractivity contribution in [2.45, 2.75) is 117 Å². The number of ether oxygens (including phenoxy) is 1. The number of hydrogen-bond acceptors (Lipinski definition) is 4. The molecule has 0 saturated carbocycles. The molecule has 7 nitrogen and oxygen atoms in total. The first kappa shape index (κ1) is 26.4. The van der Waals surface area contributed by atoms with E-state index in [9.17, 15) is 14.8 Å². The van der Waals surface area contributed by atoms with E-state index in [1.165, 1.54) is 0 Å². The lowest BCUT2D eigenvalue weighted by molar-refractivity contribution is -0.290. The zero-order chi connectivity index (χ0) is 23.3. The maximum absolute atomic E-state index is 12.5. The van der Waals surface area contributed by atoms with Crippen molar-refractivity contribution in [1.29, 1.82) is 0 Å². The molecule has 1 fully saturated rings. The number of hydroxylamine groups is 2. The fourth-order valence-corrected chi connectivity index (χ4v) is 4.14. The van der Waals surface area contributed by atoms with Crippen LogP contribution in [-0.2, 0) is 14.7 Å². The molecule has 1 atom stereocenters. The Morgan fingerprint density at radius 3 is 2.13 bits per heavy atom.